The Kier molecular flexibility index (Phi) is 4.01. The summed E-state index contributed by atoms with van der Waals surface area (Å²) < 4.78 is 0. The van der Waals surface area contributed by atoms with E-state index in [0.29, 0.717) is 12.1 Å². The molecule has 1 aromatic rings. The van der Waals surface area contributed by atoms with Crippen LogP contribution in [0.15, 0.2) is 10.9 Å². The van der Waals surface area contributed by atoms with Gasteiger partial charge in [-0.15, -0.1) is 0 Å². The summed E-state index contributed by atoms with van der Waals surface area (Å²) in [6.07, 6.45) is 0.451. The molecule has 4 N–H and O–H groups in total. The zero-order valence-corrected chi connectivity index (χ0v) is 8.53. The van der Waals surface area contributed by atoms with E-state index in [-0.39, 0.29) is 18.2 Å². The number of aromatic nitrogens is 2. The number of nitrogens with one attached hydrogen (secondary N) is 4. The van der Waals surface area contributed by atoms with Gasteiger partial charge in [-0.3, -0.25) is 19.9 Å². The Morgan fingerprint density at radius 3 is 3.00 bits per heavy atom. The maximum Gasteiger partial charge on any atom is 0.322 e. The van der Waals surface area contributed by atoms with Crippen molar-refractivity contribution in [3.8, 4) is 0 Å². The van der Waals surface area contributed by atoms with Crippen molar-refractivity contribution >= 4 is 18.4 Å². The SMILES string of the molecule is Cc1cc(=O)[nH]c(NC(=O)NCNC=O)n1. The number of urea groups is 1. The zero-order valence-electron chi connectivity index (χ0n) is 8.53. The maximum atomic E-state index is 11.2. The van der Waals surface area contributed by atoms with Crippen LogP contribution < -0.4 is 21.5 Å². The van der Waals surface area contributed by atoms with E-state index in [0.717, 1.165) is 0 Å². The van der Waals surface area contributed by atoms with Crippen LogP contribution in [0.3, 0.4) is 0 Å². The lowest BCUT2D eigenvalue weighted by molar-refractivity contribution is -0.109. The second kappa shape index (κ2) is 5.49. The molecule has 0 spiro atoms. The van der Waals surface area contributed by atoms with E-state index in [1.54, 1.807) is 6.92 Å². The van der Waals surface area contributed by atoms with Crippen LogP contribution in [0.4, 0.5) is 10.7 Å². The molecular formula is C8H11N5O3. The van der Waals surface area contributed by atoms with Gasteiger partial charge in [0, 0.05) is 11.8 Å². The largest absolute Gasteiger partial charge is 0.341 e. The van der Waals surface area contributed by atoms with Crippen molar-refractivity contribution in [1.82, 2.24) is 20.6 Å². The molecule has 0 saturated carbocycles. The van der Waals surface area contributed by atoms with E-state index in [2.05, 4.69) is 25.9 Å². The first-order chi connectivity index (χ1) is 7.61. The Labute approximate surface area is 90.5 Å². The molecular weight excluding hydrogens is 214 g/mol. The van der Waals surface area contributed by atoms with E-state index in [4.69, 9.17) is 0 Å². The summed E-state index contributed by atoms with van der Waals surface area (Å²) in [6, 6.07) is 0.722. The van der Waals surface area contributed by atoms with Gasteiger partial charge in [0.2, 0.25) is 12.4 Å². The molecule has 0 saturated heterocycles. The molecule has 0 atom stereocenters. The highest BCUT2D eigenvalue weighted by atomic mass is 16.2. The highest BCUT2D eigenvalue weighted by Gasteiger charge is 2.02. The van der Waals surface area contributed by atoms with Crippen molar-refractivity contribution in [2.24, 2.45) is 0 Å². The Bertz CT molecular complexity index is 442. The highest BCUT2D eigenvalue weighted by molar-refractivity contribution is 5.87. The standard InChI is InChI=1S/C8H11N5O3/c1-5-2-6(15)12-7(11-5)13-8(16)10-3-9-4-14/h2,4H,3H2,1H3,(H,9,14)(H3,10,11,12,13,15,16). The number of amides is 3. The minimum Gasteiger partial charge on any atom is -0.341 e. The van der Waals surface area contributed by atoms with Gasteiger partial charge in [-0.1, -0.05) is 0 Å². The van der Waals surface area contributed by atoms with Gasteiger partial charge in [0.05, 0.1) is 6.67 Å². The molecule has 0 aromatic carbocycles. The molecule has 0 bridgehead atoms. The number of nitrogens with zero attached hydrogens (tertiary/aromatic N) is 1. The fraction of sp³-hybridized carbons (Fsp3) is 0.250. The first kappa shape index (κ1) is 11.7. The topological polar surface area (TPSA) is 116 Å². The number of hydrogen-bond acceptors (Lipinski definition) is 4. The quantitative estimate of drug-likeness (QED) is 0.296. The van der Waals surface area contributed by atoms with E-state index in [9.17, 15) is 14.4 Å². The smallest absolute Gasteiger partial charge is 0.322 e. The number of aromatic amines is 1. The Hall–Kier alpha value is -2.38. The highest BCUT2D eigenvalue weighted by Crippen LogP contribution is 1.94. The minimum atomic E-state index is -0.580. The average molecular weight is 225 g/mol. The molecule has 16 heavy (non-hydrogen) atoms. The van der Waals surface area contributed by atoms with Gasteiger partial charge < -0.3 is 10.6 Å². The second-order valence-corrected chi connectivity index (χ2v) is 2.87. The summed E-state index contributed by atoms with van der Waals surface area (Å²) in [6.45, 7) is 1.62. The Balaban J connectivity index is 2.55. The lowest BCUT2D eigenvalue weighted by Gasteiger charge is -2.05. The van der Waals surface area contributed by atoms with Crippen molar-refractivity contribution in [2.45, 2.75) is 6.92 Å². The normalized spacial score (nSPS) is 9.31. The molecule has 8 heteroatoms. The van der Waals surface area contributed by atoms with Gasteiger partial charge in [-0.2, -0.15) is 0 Å². The minimum absolute atomic E-state index is 0.00855. The summed E-state index contributed by atoms with van der Waals surface area (Å²) in [4.78, 5) is 38.3. The Morgan fingerprint density at radius 2 is 2.38 bits per heavy atom. The lowest BCUT2D eigenvalue weighted by Crippen LogP contribution is -2.36. The number of carbonyl (C=O) groups excluding carboxylic acids is 2. The molecule has 3 amide bonds. The molecule has 0 aliphatic heterocycles. The molecule has 1 rings (SSSR count). The van der Waals surface area contributed by atoms with E-state index < -0.39 is 6.03 Å². The van der Waals surface area contributed by atoms with Crippen LogP contribution >= 0.6 is 0 Å². The summed E-state index contributed by atoms with van der Waals surface area (Å²) in [5.41, 5.74) is 0.138. The van der Waals surface area contributed by atoms with Gasteiger partial charge in [0.25, 0.3) is 5.56 Å². The molecule has 1 heterocycles. The third kappa shape index (κ3) is 3.78. The fourth-order valence-electron chi connectivity index (χ4n) is 0.963. The van der Waals surface area contributed by atoms with Crippen molar-refractivity contribution < 1.29 is 9.59 Å². The lowest BCUT2D eigenvalue weighted by atomic mass is 10.4. The number of anilines is 1. The fourth-order valence-corrected chi connectivity index (χ4v) is 0.963. The zero-order chi connectivity index (χ0) is 12.0. The summed E-state index contributed by atoms with van der Waals surface area (Å²) in [5, 5.41) is 6.87. The number of rotatable bonds is 4. The van der Waals surface area contributed by atoms with Crippen LogP contribution in [-0.2, 0) is 4.79 Å². The van der Waals surface area contributed by atoms with Crippen molar-refractivity contribution in [3.63, 3.8) is 0 Å². The predicted molar refractivity (Wildman–Crippen MR) is 55.8 cm³/mol. The van der Waals surface area contributed by atoms with Crippen LogP contribution in [0.2, 0.25) is 0 Å². The summed E-state index contributed by atoms with van der Waals surface area (Å²) >= 11 is 0. The second-order valence-electron chi connectivity index (χ2n) is 2.87. The molecule has 0 aliphatic carbocycles. The van der Waals surface area contributed by atoms with Crippen LogP contribution in [0.25, 0.3) is 0 Å². The molecule has 1 aromatic heterocycles. The van der Waals surface area contributed by atoms with Crippen LogP contribution in [-0.4, -0.2) is 29.1 Å². The van der Waals surface area contributed by atoms with Crippen LogP contribution in [0.5, 0.6) is 0 Å². The van der Waals surface area contributed by atoms with Crippen LogP contribution in [0.1, 0.15) is 5.69 Å². The number of carbonyl (C=O) groups is 2. The van der Waals surface area contributed by atoms with E-state index in [1.807, 2.05) is 0 Å². The predicted octanol–water partition coefficient (Wildman–Crippen LogP) is -1.10. The van der Waals surface area contributed by atoms with Gasteiger partial charge in [0.15, 0.2) is 0 Å². The monoisotopic (exact) mass is 225 g/mol. The molecule has 86 valence electrons. The van der Waals surface area contributed by atoms with Crippen LogP contribution in [0, 0.1) is 6.92 Å². The van der Waals surface area contributed by atoms with E-state index in [1.165, 1.54) is 6.07 Å². The summed E-state index contributed by atoms with van der Waals surface area (Å²) in [5.74, 6) is 0.0496. The van der Waals surface area contributed by atoms with E-state index >= 15 is 0 Å². The summed E-state index contributed by atoms with van der Waals surface area (Å²) in [7, 11) is 0. The molecule has 0 unspecified atom stereocenters. The molecule has 0 radical (unpaired) electrons. The van der Waals surface area contributed by atoms with Gasteiger partial charge in [0.1, 0.15) is 0 Å². The molecule has 8 nitrogen and oxygen atoms in total. The van der Waals surface area contributed by atoms with Gasteiger partial charge >= 0.3 is 6.03 Å². The van der Waals surface area contributed by atoms with Gasteiger partial charge in [-0.25, -0.2) is 9.78 Å². The number of hydrogen-bond donors (Lipinski definition) is 4. The number of aryl methyl sites for hydroxylation is 1. The van der Waals surface area contributed by atoms with Crippen molar-refractivity contribution in [2.75, 3.05) is 12.0 Å². The molecule has 0 aliphatic rings. The first-order valence-electron chi connectivity index (χ1n) is 4.41. The first-order valence-corrected chi connectivity index (χ1v) is 4.41. The van der Waals surface area contributed by atoms with Crippen molar-refractivity contribution in [1.29, 1.82) is 0 Å². The third-order valence-corrected chi connectivity index (χ3v) is 1.54. The van der Waals surface area contributed by atoms with Gasteiger partial charge in [-0.05, 0) is 6.92 Å². The Morgan fingerprint density at radius 1 is 1.62 bits per heavy atom. The van der Waals surface area contributed by atoms with Crippen molar-refractivity contribution in [3.05, 3.63) is 22.1 Å². The third-order valence-electron chi connectivity index (χ3n) is 1.54. The average Bonchev–Trinajstić information content (AvgIpc) is 2.16. The number of H-pyrrole nitrogens is 1. The maximum absolute atomic E-state index is 11.2. The molecule has 0 fully saturated rings.